The molecule has 0 N–H and O–H groups in total. The molecular formula is C17H17ClO. The number of halogens is 1. The molecule has 0 spiro atoms. The van der Waals surface area contributed by atoms with Gasteiger partial charge in [0.15, 0.2) is 0 Å². The van der Waals surface area contributed by atoms with Gasteiger partial charge in [0.1, 0.15) is 0 Å². The summed E-state index contributed by atoms with van der Waals surface area (Å²) in [5.41, 5.74) is 1.91. The van der Waals surface area contributed by atoms with Crippen molar-refractivity contribution in [2.24, 2.45) is 0 Å². The van der Waals surface area contributed by atoms with Crippen LogP contribution < -0.4 is 0 Å². The average molecular weight is 273 g/mol. The van der Waals surface area contributed by atoms with E-state index in [4.69, 9.17) is 11.6 Å². The Bertz CT molecular complexity index is 556. The quantitative estimate of drug-likeness (QED) is 0.583. The molecule has 0 aromatic heterocycles. The zero-order chi connectivity index (χ0) is 13.9. The normalized spacial score (nSPS) is 23.1. The molecule has 2 heteroatoms. The first-order valence-electron chi connectivity index (χ1n) is 6.37. The second-order valence-electron chi connectivity index (χ2n) is 4.89. The van der Waals surface area contributed by atoms with Crippen LogP contribution in [-0.4, -0.2) is 5.24 Å². The lowest BCUT2D eigenvalue weighted by molar-refractivity contribution is -0.112. The molecule has 19 heavy (non-hydrogen) atoms. The van der Waals surface area contributed by atoms with E-state index in [0.29, 0.717) is 0 Å². The summed E-state index contributed by atoms with van der Waals surface area (Å²) in [4.78, 5) is 11.3. The van der Waals surface area contributed by atoms with E-state index in [1.54, 1.807) is 0 Å². The first kappa shape index (κ1) is 13.8. The Balaban J connectivity index is 2.43. The maximum absolute atomic E-state index is 11.3. The van der Waals surface area contributed by atoms with E-state index in [2.05, 4.69) is 30.9 Å². The fourth-order valence-electron chi connectivity index (χ4n) is 2.35. The van der Waals surface area contributed by atoms with Crippen LogP contribution in [0.5, 0.6) is 0 Å². The molecule has 98 valence electrons. The first-order valence-corrected chi connectivity index (χ1v) is 6.74. The fraction of sp³-hybridized carbons (Fsp3) is 0.235. The minimum absolute atomic E-state index is 0.181. The molecule has 0 aliphatic heterocycles. The Hall–Kier alpha value is -1.60. The lowest BCUT2D eigenvalue weighted by Crippen LogP contribution is -2.21. The molecule has 1 aromatic rings. The van der Waals surface area contributed by atoms with E-state index in [1.165, 1.54) is 0 Å². The van der Waals surface area contributed by atoms with E-state index in [9.17, 15) is 4.79 Å². The number of carbonyl (C=O) groups excluding carboxylic acids is 1. The van der Waals surface area contributed by atoms with Crippen molar-refractivity contribution in [2.75, 3.05) is 0 Å². The summed E-state index contributed by atoms with van der Waals surface area (Å²) in [6, 6.07) is 8.03. The highest BCUT2D eigenvalue weighted by molar-refractivity contribution is 6.64. The van der Waals surface area contributed by atoms with Crippen molar-refractivity contribution in [3.63, 3.8) is 0 Å². The van der Waals surface area contributed by atoms with Crippen LogP contribution in [0.4, 0.5) is 0 Å². The summed E-state index contributed by atoms with van der Waals surface area (Å²) in [5.74, 6) is -0.286. The Morgan fingerprint density at radius 2 is 2.26 bits per heavy atom. The lowest BCUT2D eigenvalue weighted by Gasteiger charge is -2.29. The summed E-state index contributed by atoms with van der Waals surface area (Å²) >= 11 is 5.59. The van der Waals surface area contributed by atoms with E-state index in [-0.39, 0.29) is 16.6 Å². The van der Waals surface area contributed by atoms with Crippen molar-refractivity contribution in [1.82, 2.24) is 0 Å². The molecule has 1 aliphatic rings. The number of allylic oxidation sites excluding steroid dienone is 5. The molecule has 1 aromatic carbocycles. The fourth-order valence-corrected chi connectivity index (χ4v) is 2.47. The Morgan fingerprint density at radius 3 is 2.84 bits per heavy atom. The summed E-state index contributed by atoms with van der Waals surface area (Å²) in [7, 11) is 0. The molecule has 1 unspecified atom stereocenters. The van der Waals surface area contributed by atoms with E-state index >= 15 is 0 Å². The van der Waals surface area contributed by atoms with Crippen molar-refractivity contribution >= 4 is 16.8 Å². The third-order valence-electron chi connectivity index (χ3n) is 3.73. The highest BCUT2D eigenvalue weighted by Crippen LogP contribution is 2.35. The minimum Gasteiger partial charge on any atom is -0.281 e. The smallest absolute Gasteiger partial charge is 0.228 e. The van der Waals surface area contributed by atoms with E-state index in [1.807, 2.05) is 37.3 Å². The Morgan fingerprint density at radius 1 is 1.47 bits per heavy atom. The number of rotatable bonds is 4. The molecule has 0 saturated carbocycles. The van der Waals surface area contributed by atoms with Gasteiger partial charge in [0.05, 0.1) is 5.92 Å². The monoisotopic (exact) mass is 272 g/mol. The van der Waals surface area contributed by atoms with Gasteiger partial charge < -0.3 is 0 Å². The van der Waals surface area contributed by atoms with Gasteiger partial charge >= 0.3 is 0 Å². The number of hydrogen-bond donors (Lipinski definition) is 0. The van der Waals surface area contributed by atoms with Gasteiger partial charge in [0, 0.05) is 5.41 Å². The van der Waals surface area contributed by atoms with Crippen LogP contribution in [0, 0.1) is 0 Å². The first-order chi connectivity index (χ1) is 9.09. The zero-order valence-corrected chi connectivity index (χ0v) is 11.7. The molecular weight excluding hydrogens is 256 g/mol. The second kappa shape index (κ2) is 5.58. The number of hydrogen-bond acceptors (Lipinski definition) is 1. The largest absolute Gasteiger partial charge is 0.281 e. The van der Waals surface area contributed by atoms with Crippen LogP contribution in [0.1, 0.15) is 30.4 Å². The van der Waals surface area contributed by atoms with Gasteiger partial charge in [-0.15, -0.1) is 6.58 Å². The van der Waals surface area contributed by atoms with E-state index in [0.717, 1.165) is 17.5 Å². The molecule has 0 amide bonds. The van der Waals surface area contributed by atoms with E-state index < -0.39 is 0 Å². The maximum Gasteiger partial charge on any atom is 0.228 e. The SMILES string of the molecule is C=CC1(c2cccc([C@@H](C)C(=O)Cl)c2)C=CC=CC1. The highest BCUT2D eigenvalue weighted by Gasteiger charge is 2.26. The second-order valence-corrected chi connectivity index (χ2v) is 5.26. The van der Waals surface area contributed by atoms with Crippen molar-refractivity contribution in [1.29, 1.82) is 0 Å². The number of carbonyl (C=O) groups is 1. The highest BCUT2D eigenvalue weighted by atomic mass is 35.5. The molecule has 1 nitrogen and oxygen atoms in total. The van der Waals surface area contributed by atoms with Gasteiger partial charge in [0.2, 0.25) is 5.24 Å². The molecule has 0 heterocycles. The van der Waals surface area contributed by atoms with Gasteiger partial charge in [0.25, 0.3) is 0 Å². The molecule has 0 radical (unpaired) electrons. The van der Waals surface area contributed by atoms with Crippen molar-refractivity contribution in [2.45, 2.75) is 24.7 Å². The predicted octanol–water partition coefficient (Wildman–Crippen LogP) is 4.50. The number of benzene rings is 1. The van der Waals surface area contributed by atoms with Gasteiger partial charge in [-0.3, -0.25) is 4.79 Å². The zero-order valence-electron chi connectivity index (χ0n) is 11.0. The van der Waals surface area contributed by atoms with Crippen molar-refractivity contribution in [3.05, 3.63) is 72.4 Å². The minimum atomic E-state index is -0.330. The maximum atomic E-state index is 11.3. The summed E-state index contributed by atoms with van der Waals surface area (Å²) in [5, 5.41) is -0.330. The van der Waals surface area contributed by atoms with Gasteiger partial charge in [-0.25, -0.2) is 0 Å². The standard InChI is InChI=1S/C17H17ClO/c1-3-17(10-5-4-6-11-17)15-9-7-8-14(12-15)13(2)16(18)19/h3-10,12-13H,1,11H2,2H3/t13-,17?/m1/s1. The van der Waals surface area contributed by atoms with Gasteiger partial charge in [-0.05, 0) is 29.1 Å². The van der Waals surface area contributed by atoms with Gasteiger partial charge in [-0.2, -0.15) is 0 Å². The molecule has 1 aliphatic carbocycles. The van der Waals surface area contributed by atoms with Crippen LogP contribution in [-0.2, 0) is 10.2 Å². The van der Waals surface area contributed by atoms with Crippen LogP contribution in [0.25, 0.3) is 0 Å². The van der Waals surface area contributed by atoms with Crippen molar-refractivity contribution < 1.29 is 4.79 Å². The summed E-state index contributed by atoms with van der Waals surface area (Å²) in [6.07, 6.45) is 11.2. The Labute approximate surface area is 119 Å². The molecule has 0 saturated heterocycles. The molecule has 0 fully saturated rings. The van der Waals surface area contributed by atoms with Crippen LogP contribution in [0.3, 0.4) is 0 Å². The van der Waals surface area contributed by atoms with Crippen LogP contribution in [0.2, 0.25) is 0 Å². The molecule has 0 bridgehead atoms. The molecule has 2 atom stereocenters. The summed E-state index contributed by atoms with van der Waals surface area (Å²) in [6.45, 7) is 5.79. The lowest BCUT2D eigenvalue weighted by atomic mass is 9.75. The molecule has 2 rings (SSSR count). The van der Waals surface area contributed by atoms with Crippen molar-refractivity contribution in [3.8, 4) is 0 Å². The third-order valence-corrected chi connectivity index (χ3v) is 4.05. The van der Waals surface area contributed by atoms with Crippen LogP contribution >= 0.6 is 11.6 Å². The van der Waals surface area contributed by atoms with Gasteiger partial charge in [-0.1, -0.05) is 61.6 Å². The topological polar surface area (TPSA) is 17.1 Å². The predicted molar refractivity (Wildman–Crippen MR) is 80.5 cm³/mol. The third kappa shape index (κ3) is 2.71. The average Bonchev–Trinajstić information content (AvgIpc) is 2.47. The van der Waals surface area contributed by atoms with Crippen LogP contribution in [0.15, 0.2) is 61.2 Å². The summed E-state index contributed by atoms with van der Waals surface area (Å²) < 4.78 is 0. The Kier molecular flexibility index (Phi) is 4.06.